The highest BCUT2D eigenvalue weighted by molar-refractivity contribution is 5.82. The summed E-state index contributed by atoms with van der Waals surface area (Å²) in [6.07, 6.45) is 2.37. The minimum Gasteiger partial charge on any atom is -0.421 e. The molecular weight excluding hydrogens is 435 g/mol. The smallest absolute Gasteiger partial charge is 0.326 e. The van der Waals surface area contributed by atoms with E-state index < -0.39 is 5.82 Å². The van der Waals surface area contributed by atoms with E-state index in [1.54, 1.807) is 18.2 Å². The summed E-state index contributed by atoms with van der Waals surface area (Å²) < 4.78 is 21.0. The van der Waals surface area contributed by atoms with Crippen molar-refractivity contribution in [3.63, 3.8) is 0 Å². The zero-order valence-electron chi connectivity index (χ0n) is 19.8. The number of aromatic amines is 2. The molecule has 0 amide bonds. The van der Waals surface area contributed by atoms with E-state index in [9.17, 15) is 0 Å². The maximum atomic E-state index is 15.1. The predicted molar refractivity (Wildman–Crippen MR) is 131 cm³/mol. The first kappa shape index (κ1) is 22.1. The largest absolute Gasteiger partial charge is 0.421 e. The number of H-pyrrole nitrogens is 2. The number of halogens is 1. The van der Waals surface area contributed by atoms with Crippen molar-refractivity contribution >= 4 is 28.4 Å². The van der Waals surface area contributed by atoms with Gasteiger partial charge in [-0.05, 0) is 52.1 Å². The molecule has 0 saturated heterocycles. The standard InChI is InChI=1S/C24H29FN8O/c1-14-11-16-17(26-14)7-8-19(23(16)25)34-24-28-20(13-22(29-24)33(4)10-9-32(2)3)27-21-12-18(30-31-21)15-5-6-15/h7-8,11-13,15,26H,5-6,9-10H2,1-4H3,(H2,27,28,29,30,31). The van der Waals surface area contributed by atoms with Crippen molar-refractivity contribution in [3.8, 4) is 11.8 Å². The number of likely N-dealkylation sites (N-methyl/N-ethyl adjacent to an activating group) is 2. The van der Waals surface area contributed by atoms with E-state index in [2.05, 4.69) is 35.4 Å². The molecule has 0 bridgehead atoms. The van der Waals surface area contributed by atoms with Gasteiger partial charge in [0.05, 0.1) is 0 Å². The van der Waals surface area contributed by atoms with Crippen molar-refractivity contribution in [1.29, 1.82) is 0 Å². The molecule has 3 heterocycles. The molecule has 0 radical (unpaired) electrons. The summed E-state index contributed by atoms with van der Waals surface area (Å²) in [4.78, 5) is 16.3. The summed E-state index contributed by atoms with van der Waals surface area (Å²) >= 11 is 0. The number of nitrogens with zero attached hydrogens (tertiary/aromatic N) is 5. The molecule has 1 aromatic carbocycles. The Morgan fingerprint density at radius 2 is 1.91 bits per heavy atom. The third kappa shape index (κ3) is 4.81. The summed E-state index contributed by atoms with van der Waals surface area (Å²) in [7, 11) is 5.99. The van der Waals surface area contributed by atoms with Crippen molar-refractivity contribution in [2.45, 2.75) is 25.7 Å². The van der Waals surface area contributed by atoms with Crippen LogP contribution in [0, 0.1) is 12.7 Å². The molecule has 5 rings (SSSR count). The van der Waals surface area contributed by atoms with E-state index in [0.29, 0.717) is 34.3 Å². The van der Waals surface area contributed by atoms with Gasteiger partial charge < -0.3 is 24.8 Å². The van der Waals surface area contributed by atoms with Gasteiger partial charge in [-0.1, -0.05) is 0 Å². The Kier molecular flexibility index (Phi) is 5.82. The van der Waals surface area contributed by atoms with E-state index in [-0.39, 0.29) is 11.8 Å². The van der Waals surface area contributed by atoms with Gasteiger partial charge in [0, 0.05) is 60.5 Å². The molecule has 3 aromatic heterocycles. The second-order valence-corrected chi connectivity index (χ2v) is 9.12. The van der Waals surface area contributed by atoms with Crippen molar-refractivity contribution < 1.29 is 9.13 Å². The fraction of sp³-hybridized carbons (Fsp3) is 0.375. The summed E-state index contributed by atoms with van der Waals surface area (Å²) in [5, 5.41) is 11.1. The SMILES string of the molecule is Cc1cc2c(F)c(Oc3nc(Nc4cc(C5CC5)[nH]n4)cc(N(C)CCN(C)C)n3)ccc2[nH]1. The van der Waals surface area contributed by atoms with Gasteiger partial charge in [0.2, 0.25) is 0 Å². The molecule has 3 N–H and O–H groups in total. The molecule has 10 heteroatoms. The van der Waals surface area contributed by atoms with E-state index in [1.165, 1.54) is 12.8 Å². The van der Waals surface area contributed by atoms with Crippen LogP contribution >= 0.6 is 0 Å². The topological polar surface area (TPSA) is 98.0 Å². The minimum atomic E-state index is -0.451. The molecule has 1 aliphatic rings. The number of anilines is 3. The number of fused-ring (bicyclic) bond motifs is 1. The van der Waals surface area contributed by atoms with Crippen LogP contribution in [0.2, 0.25) is 0 Å². The van der Waals surface area contributed by atoms with Crippen LogP contribution in [-0.4, -0.2) is 64.3 Å². The Hall–Kier alpha value is -3.66. The molecule has 178 valence electrons. The first-order valence-corrected chi connectivity index (χ1v) is 11.4. The Bertz CT molecular complexity index is 1310. The van der Waals surface area contributed by atoms with Gasteiger partial charge in [0.15, 0.2) is 17.4 Å². The van der Waals surface area contributed by atoms with Gasteiger partial charge in [0.25, 0.3) is 0 Å². The summed E-state index contributed by atoms with van der Waals surface area (Å²) in [6.45, 7) is 3.49. The Morgan fingerprint density at radius 1 is 1.09 bits per heavy atom. The quantitative estimate of drug-likeness (QED) is 0.335. The maximum absolute atomic E-state index is 15.1. The second kappa shape index (κ2) is 8.94. The Labute approximate surface area is 197 Å². The van der Waals surface area contributed by atoms with Crippen LogP contribution in [0.15, 0.2) is 30.3 Å². The fourth-order valence-corrected chi connectivity index (χ4v) is 3.78. The number of ether oxygens (including phenoxy) is 1. The van der Waals surface area contributed by atoms with E-state index in [0.717, 1.165) is 24.5 Å². The molecule has 0 atom stereocenters. The highest BCUT2D eigenvalue weighted by atomic mass is 19.1. The number of nitrogens with one attached hydrogen (secondary N) is 3. The second-order valence-electron chi connectivity index (χ2n) is 9.12. The van der Waals surface area contributed by atoms with Crippen LogP contribution in [0.1, 0.15) is 30.1 Å². The molecule has 0 aliphatic heterocycles. The fourth-order valence-electron chi connectivity index (χ4n) is 3.78. The molecule has 1 fully saturated rings. The number of aryl methyl sites for hydroxylation is 1. The van der Waals surface area contributed by atoms with Crippen molar-refractivity contribution in [2.24, 2.45) is 0 Å². The van der Waals surface area contributed by atoms with Crippen molar-refractivity contribution in [3.05, 3.63) is 47.5 Å². The lowest BCUT2D eigenvalue weighted by atomic mass is 10.2. The van der Waals surface area contributed by atoms with Crippen LogP contribution < -0.4 is 15.0 Å². The van der Waals surface area contributed by atoms with Crippen LogP contribution in [0.25, 0.3) is 10.9 Å². The molecular formula is C24H29FN8O. The van der Waals surface area contributed by atoms with E-state index in [4.69, 9.17) is 4.74 Å². The van der Waals surface area contributed by atoms with Gasteiger partial charge in [-0.2, -0.15) is 15.1 Å². The molecule has 4 aromatic rings. The number of aromatic nitrogens is 5. The summed E-state index contributed by atoms with van der Waals surface area (Å²) in [5.41, 5.74) is 2.71. The molecule has 1 saturated carbocycles. The van der Waals surface area contributed by atoms with Crippen LogP contribution in [-0.2, 0) is 0 Å². The van der Waals surface area contributed by atoms with Gasteiger partial charge in [-0.3, -0.25) is 5.10 Å². The first-order valence-electron chi connectivity index (χ1n) is 11.4. The predicted octanol–water partition coefficient (Wildman–Crippen LogP) is 4.54. The van der Waals surface area contributed by atoms with Gasteiger partial charge in [0.1, 0.15) is 11.6 Å². The number of rotatable bonds is 9. The zero-order chi connectivity index (χ0) is 23.8. The van der Waals surface area contributed by atoms with E-state index in [1.807, 2.05) is 45.1 Å². The Balaban J connectivity index is 1.45. The Morgan fingerprint density at radius 3 is 2.68 bits per heavy atom. The van der Waals surface area contributed by atoms with Crippen molar-refractivity contribution in [1.82, 2.24) is 30.0 Å². The lowest BCUT2D eigenvalue weighted by Crippen LogP contribution is -2.29. The average molecular weight is 465 g/mol. The van der Waals surface area contributed by atoms with Crippen molar-refractivity contribution in [2.75, 3.05) is 44.4 Å². The molecule has 34 heavy (non-hydrogen) atoms. The highest BCUT2D eigenvalue weighted by Gasteiger charge is 2.25. The number of hydrogen-bond donors (Lipinski definition) is 3. The number of benzene rings is 1. The van der Waals surface area contributed by atoms with Gasteiger partial charge >= 0.3 is 6.01 Å². The number of hydrogen-bond acceptors (Lipinski definition) is 7. The lowest BCUT2D eigenvalue weighted by molar-refractivity contribution is 0.409. The minimum absolute atomic E-state index is 0.0557. The van der Waals surface area contributed by atoms with Crippen LogP contribution in [0.4, 0.5) is 21.8 Å². The first-order chi connectivity index (χ1) is 16.4. The van der Waals surface area contributed by atoms with Crippen LogP contribution in [0.3, 0.4) is 0 Å². The van der Waals surface area contributed by atoms with Gasteiger partial charge in [-0.15, -0.1) is 0 Å². The average Bonchev–Trinajstić information content (AvgIpc) is 3.42. The molecule has 9 nitrogen and oxygen atoms in total. The third-order valence-corrected chi connectivity index (χ3v) is 5.88. The molecule has 0 spiro atoms. The zero-order valence-corrected chi connectivity index (χ0v) is 19.8. The normalized spacial score (nSPS) is 13.6. The third-order valence-electron chi connectivity index (χ3n) is 5.88. The monoisotopic (exact) mass is 464 g/mol. The lowest BCUT2D eigenvalue weighted by Gasteiger charge is -2.21. The highest BCUT2D eigenvalue weighted by Crippen LogP contribution is 2.39. The summed E-state index contributed by atoms with van der Waals surface area (Å²) in [5.74, 6) is 2.03. The molecule has 0 unspecified atom stereocenters. The summed E-state index contributed by atoms with van der Waals surface area (Å²) in [6, 6.07) is 9.02. The maximum Gasteiger partial charge on any atom is 0.326 e. The van der Waals surface area contributed by atoms with E-state index >= 15 is 4.39 Å². The van der Waals surface area contributed by atoms with Gasteiger partial charge in [-0.25, -0.2) is 4.39 Å². The van der Waals surface area contributed by atoms with Crippen LogP contribution in [0.5, 0.6) is 11.8 Å². The molecule has 1 aliphatic carbocycles.